The Labute approximate surface area is 123 Å². The van der Waals surface area contributed by atoms with Gasteiger partial charge in [0.15, 0.2) is 0 Å². The summed E-state index contributed by atoms with van der Waals surface area (Å²) < 4.78 is 28.9. The van der Waals surface area contributed by atoms with Crippen molar-refractivity contribution in [2.75, 3.05) is 6.54 Å². The quantitative estimate of drug-likeness (QED) is 0.891. The van der Waals surface area contributed by atoms with E-state index in [4.69, 9.17) is 5.73 Å². The molecule has 1 aromatic carbocycles. The predicted octanol–water partition coefficient (Wildman–Crippen LogP) is 2.44. The largest absolute Gasteiger partial charge is 0.326 e. The van der Waals surface area contributed by atoms with Crippen LogP contribution in [0.15, 0.2) is 29.2 Å². The number of nitrogens with one attached hydrogen (secondary N) is 1. The van der Waals surface area contributed by atoms with Crippen molar-refractivity contribution in [3.8, 4) is 0 Å². The Balaban J connectivity index is 2.03. The third kappa shape index (κ3) is 2.48. The van der Waals surface area contributed by atoms with Gasteiger partial charge in [0, 0.05) is 28.1 Å². The summed E-state index contributed by atoms with van der Waals surface area (Å²) in [4.78, 5) is 1.09. The third-order valence-electron chi connectivity index (χ3n) is 3.86. The highest BCUT2D eigenvalue weighted by molar-refractivity contribution is 7.90. The maximum Gasteiger partial charge on any atom is 0.242 e. The Morgan fingerprint density at radius 2 is 2.05 bits per heavy atom. The van der Waals surface area contributed by atoms with Gasteiger partial charge in [0.1, 0.15) is 4.90 Å². The molecular formula is C14H18N2O2S2. The number of benzene rings is 1. The van der Waals surface area contributed by atoms with Crippen molar-refractivity contribution in [3.05, 3.63) is 29.1 Å². The number of fused-ring (bicyclic) bond motifs is 1. The van der Waals surface area contributed by atoms with Gasteiger partial charge in [-0.15, -0.1) is 11.3 Å². The van der Waals surface area contributed by atoms with Gasteiger partial charge in [-0.3, -0.25) is 0 Å². The normalized spacial score (nSPS) is 17.5. The lowest BCUT2D eigenvalue weighted by molar-refractivity contribution is 0.530. The van der Waals surface area contributed by atoms with E-state index in [1.165, 1.54) is 11.3 Å². The van der Waals surface area contributed by atoms with Gasteiger partial charge in [0.2, 0.25) is 10.0 Å². The first-order chi connectivity index (χ1) is 9.45. The average molecular weight is 310 g/mol. The molecule has 0 saturated heterocycles. The molecule has 3 rings (SSSR count). The van der Waals surface area contributed by atoms with Crippen LogP contribution in [0.3, 0.4) is 0 Å². The molecule has 1 aromatic heterocycles. The fourth-order valence-electron chi connectivity index (χ4n) is 2.23. The summed E-state index contributed by atoms with van der Waals surface area (Å²) in [6, 6.07) is 7.55. The van der Waals surface area contributed by atoms with Crippen LogP contribution in [0.1, 0.15) is 24.6 Å². The minimum atomic E-state index is -3.50. The third-order valence-corrected chi connectivity index (χ3v) is 6.72. The first-order valence-electron chi connectivity index (χ1n) is 6.65. The van der Waals surface area contributed by atoms with Crippen LogP contribution >= 0.6 is 11.3 Å². The van der Waals surface area contributed by atoms with Gasteiger partial charge in [-0.2, -0.15) is 0 Å². The number of nitrogens with two attached hydrogens (primary N) is 1. The number of sulfonamides is 1. The van der Waals surface area contributed by atoms with E-state index in [2.05, 4.69) is 11.6 Å². The predicted molar refractivity (Wildman–Crippen MR) is 82.2 cm³/mol. The van der Waals surface area contributed by atoms with Crippen molar-refractivity contribution >= 4 is 31.4 Å². The molecule has 6 heteroatoms. The fourth-order valence-corrected chi connectivity index (χ4v) is 5.26. The van der Waals surface area contributed by atoms with Gasteiger partial charge >= 0.3 is 0 Å². The smallest absolute Gasteiger partial charge is 0.242 e. The molecule has 108 valence electrons. The first kappa shape index (κ1) is 14.0. The summed E-state index contributed by atoms with van der Waals surface area (Å²) >= 11 is 1.46. The Morgan fingerprint density at radius 1 is 1.35 bits per heavy atom. The molecule has 4 nitrogen and oxygen atoms in total. The molecule has 0 amide bonds. The lowest BCUT2D eigenvalue weighted by Gasteiger charge is -2.11. The Morgan fingerprint density at radius 3 is 2.70 bits per heavy atom. The van der Waals surface area contributed by atoms with Crippen LogP contribution in [-0.2, 0) is 16.6 Å². The van der Waals surface area contributed by atoms with Crippen molar-refractivity contribution in [2.24, 2.45) is 11.1 Å². The van der Waals surface area contributed by atoms with Crippen LogP contribution in [-0.4, -0.2) is 15.0 Å². The number of rotatable bonds is 5. The average Bonchev–Trinajstić information content (AvgIpc) is 3.03. The molecule has 1 fully saturated rings. The van der Waals surface area contributed by atoms with Crippen LogP contribution in [0, 0.1) is 5.41 Å². The van der Waals surface area contributed by atoms with Crippen molar-refractivity contribution in [1.82, 2.24) is 4.72 Å². The molecule has 20 heavy (non-hydrogen) atoms. The lowest BCUT2D eigenvalue weighted by atomic mass is 10.2. The standard InChI is InChI=1S/C14H18N2O2S2/c1-14(6-7-14)9-16-20(17,18)13-10-4-2-3-5-11(10)19-12(13)8-15/h2-5,16H,6-9,15H2,1H3. The maximum absolute atomic E-state index is 12.6. The van der Waals surface area contributed by atoms with E-state index in [0.29, 0.717) is 11.4 Å². The van der Waals surface area contributed by atoms with E-state index in [9.17, 15) is 8.42 Å². The van der Waals surface area contributed by atoms with Crippen molar-refractivity contribution in [2.45, 2.75) is 31.2 Å². The van der Waals surface area contributed by atoms with Crippen LogP contribution in [0.2, 0.25) is 0 Å². The summed E-state index contributed by atoms with van der Waals surface area (Å²) in [6.45, 7) is 2.85. The second-order valence-electron chi connectivity index (χ2n) is 5.69. The molecule has 1 heterocycles. The Kier molecular flexibility index (Phi) is 3.36. The number of thiophene rings is 1. The Bertz CT molecular complexity index is 746. The highest BCUT2D eigenvalue weighted by Gasteiger charge is 2.38. The molecule has 1 saturated carbocycles. The van der Waals surface area contributed by atoms with Gasteiger partial charge in [-0.1, -0.05) is 25.1 Å². The van der Waals surface area contributed by atoms with Crippen molar-refractivity contribution in [1.29, 1.82) is 0 Å². The summed E-state index contributed by atoms with van der Waals surface area (Å²) in [5.74, 6) is 0. The monoisotopic (exact) mass is 310 g/mol. The molecule has 0 aliphatic heterocycles. The second-order valence-corrected chi connectivity index (χ2v) is 8.53. The molecule has 0 radical (unpaired) electrons. The molecular weight excluding hydrogens is 292 g/mol. The number of hydrogen-bond acceptors (Lipinski definition) is 4. The minimum absolute atomic E-state index is 0.141. The molecule has 0 spiro atoms. The zero-order chi connectivity index (χ0) is 14.4. The van der Waals surface area contributed by atoms with Crippen LogP contribution in [0.5, 0.6) is 0 Å². The molecule has 0 unspecified atom stereocenters. The van der Waals surface area contributed by atoms with Crippen molar-refractivity contribution in [3.63, 3.8) is 0 Å². The Hall–Kier alpha value is -0.950. The second kappa shape index (κ2) is 4.80. The van der Waals surface area contributed by atoms with Gasteiger partial charge < -0.3 is 5.73 Å². The van der Waals surface area contributed by atoms with E-state index in [-0.39, 0.29) is 12.0 Å². The molecule has 3 N–H and O–H groups in total. The van der Waals surface area contributed by atoms with E-state index in [0.717, 1.165) is 27.8 Å². The molecule has 2 aromatic rings. The highest BCUT2D eigenvalue weighted by Crippen LogP contribution is 2.44. The zero-order valence-electron chi connectivity index (χ0n) is 11.3. The van der Waals surface area contributed by atoms with E-state index in [1.807, 2.05) is 24.3 Å². The lowest BCUT2D eigenvalue weighted by Crippen LogP contribution is -2.29. The SMILES string of the molecule is CC1(CNS(=O)(=O)c2c(CN)sc3ccccc23)CC1. The van der Waals surface area contributed by atoms with E-state index < -0.39 is 10.0 Å². The van der Waals surface area contributed by atoms with Gasteiger partial charge in [-0.05, 0) is 24.3 Å². The molecule has 1 aliphatic rings. The van der Waals surface area contributed by atoms with Gasteiger partial charge in [0.05, 0.1) is 0 Å². The molecule has 1 aliphatic carbocycles. The van der Waals surface area contributed by atoms with Crippen molar-refractivity contribution < 1.29 is 8.42 Å². The highest BCUT2D eigenvalue weighted by atomic mass is 32.2. The summed E-state index contributed by atoms with van der Waals surface area (Å²) in [5, 5.41) is 0.770. The van der Waals surface area contributed by atoms with E-state index in [1.54, 1.807) is 0 Å². The van der Waals surface area contributed by atoms with Crippen LogP contribution < -0.4 is 10.5 Å². The molecule has 0 bridgehead atoms. The van der Waals surface area contributed by atoms with Crippen LogP contribution in [0.25, 0.3) is 10.1 Å². The number of hydrogen-bond donors (Lipinski definition) is 2. The van der Waals surface area contributed by atoms with Gasteiger partial charge in [0.25, 0.3) is 0 Å². The minimum Gasteiger partial charge on any atom is -0.326 e. The van der Waals surface area contributed by atoms with Crippen LogP contribution in [0.4, 0.5) is 0 Å². The first-order valence-corrected chi connectivity index (χ1v) is 8.95. The fraction of sp³-hybridized carbons (Fsp3) is 0.429. The van der Waals surface area contributed by atoms with E-state index >= 15 is 0 Å². The summed E-state index contributed by atoms with van der Waals surface area (Å²) in [6.07, 6.45) is 2.17. The topological polar surface area (TPSA) is 72.2 Å². The van der Waals surface area contributed by atoms with Gasteiger partial charge in [-0.25, -0.2) is 13.1 Å². The zero-order valence-corrected chi connectivity index (χ0v) is 13.0. The maximum atomic E-state index is 12.6. The summed E-state index contributed by atoms with van der Waals surface area (Å²) in [5.41, 5.74) is 5.86. The summed E-state index contributed by atoms with van der Waals surface area (Å²) in [7, 11) is -3.50. The molecule has 0 atom stereocenters.